The molecule has 0 saturated carbocycles. The molecule has 0 saturated heterocycles. The number of hydrogen-bond donors (Lipinski definition) is 0. The van der Waals surface area contributed by atoms with Crippen LogP contribution in [0.2, 0.25) is 0 Å². The van der Waals surface area contributed by atoms with Gasteiger partial charge in [0, 0.05) is 6.54 Å². The van der Waals surface area contributed by atoms with Crippen molar-refractivity contribution >= 4 is 28.0 Å². The van der Waals surface area contributed by atoms with Crippen LogP contribution in [0.15, 0.2) is 82.1 Å². The van der Waals surface area contributed by atoms with Crippen molar-refractivity contribution < 1.29 is 13.9 Å². The van der Waals surface area contributed by atoms with Crippen molar-refractivity contribution in [2.45, 2.75) is 13.1 Å². The Bertz CT molecular complexity index is 973. The Balaban J connectivity index is 1.45. The molecular weight excluding hydrogens is 358 g/mol. The lowest BCUT2D eigenvalue weighted by Gasteiger charge is -2.21. The van der Waals surface area contributed by atoms with E-state index in [4.69, 9.17) is 9.15 Å². The van der Waals surface area contributed by atoms with Gasteiger partial charge in [-0.15, -0.1) is 0 Å². The summed E-state index contributed by atoms with van der Waals surface area (Å²) in [5, 5.41) is 6.30. The predicted molar refractivity (Wildman–Crippen MR) is 107 cm³/mol. The van der Waals surface area contributed by atoms with Gasteiger partial charge in [-0.2, -0.15) is 11.3 Å². The van der Waals surface area contributed by atoms with Gasteiger partial charge in [0.2, 0.25) is 0 Å². The number of carbonyl (C=O) groups is 1. The number of furan rings is 1. The first kappa shape index (κ1) is 17.4. The maximum atomic E-state index is 12.8. The quantitative estimate of drug-likeness (QED) is 0.450. The van der Waals surface area contributed by atoms with Gasteiger partial charge in [-0.1, -0.05) is 30.3 Å². The van der Waals surface area contributed by atoms with Gasteiger partial charge >= 0.3 is 0 Å². The van der Waals surface area contributed by atoms with Crippen LogP contribution in [0.1, 0.15) is 11.3 Å². The Labute approximate surface area is 161 Å². The molecule has 136 valence electrons. The summed E-state index contributed by atoms with van der Waals surface area (Å²) in [7, 11) is 0. The first-order valence-electron chi connectivity index (χ1n) is 8.71. The number of amides is 1. The molecule has 0 unspecified atom stereocenters. The molecule has 0 bridgehead atoms. The van der Waals surface area contributed by atoms with E-state index in [1.807, 2.05) is 65.4 Å². The highest BCUT2D eigenvalue weighted by atomic mass is 32.1. The van der Waals surface area contributed by atoms with E-state index < -0.39 is 0 Å². The normalized spacial score (nSPS) is 10.8. The van der Waals surface area contributed by atoms with E-state index in [1.165, 1.54) is 0 Å². The van der Waals surface area contributed by atoms with E-state index in [0.717, 1.165) is 22.1 Å². The van der Waals surface area contributed by atoms with Gasteiger partial charge in [0.15, 0.2) is 6.61 Å². The molecule has 0 atom stereocenters. The number of nitrogens with zero attached hydrogens (tertiary/aromatic N) is 1. The Morgan fingerprint density at radius 3 is 2.67 bits per heavy atom. The summed E-state index contributed by atoms with van der Waals surface area (Å²) in [4.78, 5) is 14.5. The molecule has 0 aliphatic heterocycles. The number of benzene rings is 2. The number of carbonyl (C=O) groups excluding carboxylic acids is 1. The van der Waals surface area contributed by atoms with Crippen LogP contribution in [0.25, 0.3) is 10.8 Å². The van der Waals surface area contributed by atoms with Crippen molar-refractivity contribution in [2.75, 3.05) is 6.61 Å². The Morgan fingerprint density at radius 2 is 1.89 bits per heavy atom. The highest BCUT2D eigenvalue weighted by Gasteiger charge is 2.17. The number of thiophene rings is 1. The average molecular weight is 377 g/mol. The van der Waals surface area contributed by atoms with Crippen LogP contribution < -0.4 is 4.74 Å². The molecule has 27 heavy (non-hydrogen) atoms. The highest BCUT2D eigenvalue weighted by Crippen LogP contribution is 2.21. The Morgan fingerprint density at radius 1 is 1.00 bits per heavy atom. The zero-order chi connectivity index (χ0) is 18.5. The lowest BCUT2D eigenvalue weighted by molar-refractivity contribution is -0.134. The van der Waals surface area contributed by atoms with Gasteiger partial charge in [-0.3, -0.25) is 4.79 Å². The van der Waals surface area contributed by atoms with Crippen LogP contribution in [0.5, 0.6) is 5.75 Å². The monoisotopic (exact) mass is 377 g/mol. The van der Waals surface area contributed by atoms with E-state index >= 15 is 0 Å². The minimum Gasteiger partial charge on any atom is -0.484 e. The van der Waals surface area contributed by atoms with Crippen molar-refractivity contribution in [3.8, 4) is 5.75 Å². The van der Waals surface area contributed by atoms with E-state index in [0.29, 0.717) is 18.8 Å². The summed E-state index contributed by atoms with van der Waals surface area (Å²) in [6.07, 6.45) is 1.62. The van der Waals surface area contributed by atoms with Crippen molar-refractivity contribution in [2.24, 2.45) is 0 Å². The zero-order valence-corrected chi connectivity index (χ0v) is 15.5. The standard InChI is InChI=1S/C22H19NO3S/c24-22(15-26-20-8-7-18-4-1-2-5-19(18)12-20)23(13-17-9-11-27-16-17)14-21-6-3-10-25-21/h1-12,16H,13-15H2. The fourth-order valence-electron chi connectivity index (χ4n) is 2.92. The summed E-state index contributed by atoms with van der Waals surface area (Å²) >= 11 is 1.62. The zero-order valence-electron chi connectivity index (χ0n) is 14.7. The van der Waals surface area contributed by atoms with Crippen molar-refractivity contribution in [1.82, 2.24) is 4.90 Å². The van der Waals surface area contributed by atoms with E-state index in [1.54, 1.807) is 22.5 Å². The van der Waals surface area contributed by atoms with E-state index in [9.17, 15) is 4.79 Å². The topological polar surface area (TPSA) is 42.7 Å². The maximum Gasteiger partial charge on any atom is 0.261 e. The molecule has 2 heterocycles. The second-order valence-corrected chi connectivity index (χ2v) is 7.04. The number of hydrogen-bond acceptors (Lipinski definition) is 4. The third-order valence-corrected chi connectivity index (χ3v) is 5.05. The van der Waals surface area contributed by atoms with Crippen LogP contribution in [0.3, 0.4) is 0 Å². The minimum atomic E-state index is -0.0780. The third kappa shape index (κ3) is 4.38. The van der Waals surface area contributed by atoms with Crippen LogP contribution in [0.4, 0.5) is 0 Å². The van der Waals surface area contributed by atoms with Gasteiger partial charge in [0.1, 0.15) is 11.5 Å². The van der Waals surface area contributed by atoms with Crippen LogP contribution in [0, 0.1) is 0 Å². The molecule has 2 aromatic heterocycles. The lowest BCUT2D eigenvalue weighted by Crippen LogP contribution is -2.33. The predicted octanol–water partition coefficient (Wildman–Crippen LogP) is 5.10. The second-order valence-electron chi connectivity index (χ2n) is 6.26. The smallest absolute Gasteiger partial charge is 0.261 e. The van der Waals surface area contributed by atoms with Crippen LogP contribution in [-0.2, 0) is 17.9 Å². The molecule has 0 fully saturated rings. The van der Waals surface area contributed by atoms with Crippen molar-refractivity contribution in [3.05, 3.63) is 89.0 Å². The molecule has 4 nitrogen and oxygen atoms in total. The lowest BCUT2D eigenvalue weighted by atomic mass is 10.1. The van der Waals surface area contributed by atoms with Gasteiger partial charge < -0.3 is 14.1 Å². The fourth-order valence-corrected chi connectivity index (χ4v) is 3.58. The largest absolute Gasteiger partial charge is 0.484 e. The molecule has 0 aliphatic rings. The molecule has 4 rings (SSSR count). The molecule has 0 N–H and O–H groups in total. The molecule has 0 aliphatic carbocycles. The van der Waals surface area contributed by atoms with Crippen molar-refractivity contribution in [3.63, 3.8) is 0 Å². The SMILES string of the molecule is O=C(COc1ccc2ccccc2c1)N(Cc1ccsc1)Cc1ccco1. The first-order chi connectivity index (χ1) is 13.3. The van der Waals surface area contributed by atoms with Crippen molar-refractivity contribution in [1.29, 1.82) is 0 Å². The van der Waals surface area contributed by atoms with E-state index in [2.05, 4.69) is 6.07 Å². The average Bonchev–Trinajstić information content (AvgIpc) is 3.39. The summed E-state index contributed by atoms with van der Waals surface area (Å²) in [5.74, 6) is 1.37. The Hall–Kier alpha value is -3.05. The number of ether oxygens (including phenoxy) is 1. The molecule has 0 spiro atoms. The number of rotatable bonds is 7. The minimum absolute atomic E-state index is 0.0107. The highest BCUT2D eigenvalue weighted by molar-refractivity contribution is 7.07. The second kappa shape index (κ2) is 8.10. The number of fused-ring (bicyclic) bond motifs is 1. The molecule has 1 amide bonds. The third-order valence-electron chi connectivity index (χ3n) is 4.32. The summed E-state index contributed by atoms with van der Waals surface area (Å²) in [5.41, 5.74) is 1.10. The van der Waals surface area contributed by atoms with Gasteiger partial charge in [-0.05, 0) is 57.4 Å². The Kier molecular flexibility index (Phi) is 5.21. The van der Waals surface area contributed by atoms with Gasteiger partial charge in [-0.25, -0.2) is 0 Å². The first-order valence-corrected chi connectivity index (χ1v) is 9.65. The van der Waals surface area contributed by atoms with Crippen LogP contribution in [-0.4, -0.2) is 17.4 Å². The summed E-state index contributed by atoms with van der Waals surface area (Å²) < 4.78 is 11.2. The molecule has 4 aromatic rings. The summed E-state index contributed by atoms with van der Waals surface area (Å²) in [6.45, 7) is 0.941. The molecular formula is C22H19NO3S. The molecule has 0 radical (unpaired) electrons. The van der Waals surface area contributed by atoms with Gasteiger partial charge in [0.25, 0.3) is 5.91 Å². The van der Waals surface area contributed by atoms with E-state index in [-0.39, 0.29) is 12.5 Å². The molecule has 5 heteroatoms. The van der Waals surface area contributed by atoms with Crippen LogP contribution >= 0.6 is 11.3 Å². The maximum absolute atomic E-state index is 12.8. The summed E-state index contributed by atoms with van der Waals surface area (Å²) in [6, 6.07) is 19.7. The fraction of sp³-hybridized carbons (Fsp3) is 0.136. The van der Waals surface area contributed by atoms with Gasteiger partial charge in [0.05, 0.1) is 12.8 Å². The molecule has 2 aromatic carbocycles.